The van der Waals surface area contributed by atoms with Crippen molar-refractivity contribution in [1.82, 2.24) is 9.62 Å². The van der Waals surface area contributed by atoms with E-state index in [9.17, 15) is 13.2 Å². The van der Waals surface area contributed by atoms with Gasteiger partial charge in [0, 0.05) is 19.1 Å². The summed E-state index contributed by atoms with van der Waals surface area (Å²) in [6.07, 6.45) is 9.58. The minimum absolute atomic E-state index is 0.131. The van der Waals surface area contributed by atoms with Crippen LogP contribution in [-0.2, 0) is 14.8 Å². The Kier molecular flexibility index (Phi) is 7.60. The summed E-state index contributed by atoms with van der Waals surface area (Å²) in [6, 6.07) is 4.64. The fourth-order valence-corrected chi connectivity index (χ4v) is 5.69. The van der Waals surface area contributed by atoms with Crippen molar-refractivity contribution in [2.75, 3.05) is 19.7 Å². The minimum Gasteiger partial charge on any atom is -0.482 e. The summed E-state index contributed by atoms with van der Waals surface area (Å²) in [5.74, 6) is 0.142. The van der Waals surface area contributed by atoms with E-state index in [1.54, 1.807) is 0 Å². The summed E-state index contributed by atoms with van der Waals surface area (Å²) in [7, 11) is -3.54. The molecule has 1 aromatic rings. The van der Waals surface area contributed by atoms with E-state index in [0.29, 0.717) is 18.8 Å². The van der Waals surface area contributed by atoms with Gasteiger partial charge in [-0.15, -0.1) is 0 Å². The lowest BCUT2D eigenvalue weighted by molar-refractivity contribution is -0.123. The monoisotopic (exact) mass is 428 g/mol. The fourth-order valence-electron chi connectivity index (χ4n) is 3.85. The molecular formula is C20H29ClN2O4S. The summed E-state index contributed by atoms with van der Waals surface area (Å²) < 4.78 is 32.5. The van der Waals surface area contributed by atoms with E-state index in [0.717, 1.165) is 44.9 Å². The largest absolute Gasteiger partial charge is 0.482 e. The highest BCUT2D eigenvalue weighted by molar-refractivity contribution is 7.89. The van der Waals surface area contributed by atoms with Gasteiger partial charge in [0.25, 0.3) is 5.91 Å². The molecule has 1 aliphatic carbocycles. The summed E-state index contributed by atoms with van der Waals surface area (Å²) >= 11 is 6.23. The highest BCUT2D eigenvalue weighted by Crippen LogP contribution is 2.29. The number of nitrogens with zero attached hydrogens (tertiary/aromatic N) is 1. The van der Waals surface area contributed by atoms with Gasteiger partial charge in [0.15, 0.2) is 6.61 Å². The van der Waals surface area contributed by atoms with Crippen LogP contribution in [0.5, 0.6) is 5.75 Å². The maximum Gasteiger partial charge on any atom is 0.258 e. The van der Waals surface area contributed by atoms with Crippen molar-refractivity contribution in [2.45, 2.75) is 68.7 Å². The van der Waals surface area contributed by atoms with E-state index >= 15 is 0 Å². The van der Waals surface area contributed by atoms with Gasteiger partial charge in [0.2, 0.25) is 10.0 Å². The zero-order valence-electron chi connectivity index (χ0n) is 16.2. The summed E-state index contributed by atoms with van der Waals surface area (Å²) in [5.41, 5.74) is 0. The Labute approximate surface area is 172 Å². The van der Waals surface area contributed by atoms with E-state index in [-0.39, 0.29) is 28.5 Å². The molecule has 2 aliphatic rings. The molecule has 1 saturated heterocycles. The molecule has 6 nitrogen and oxygen atoms in total. The molecular weight excluding hydrogens is 400 g/mol. The first kappa shape index (κ1) is 21.4. The molecule has 1 heterocycles. The molecule has 3 rings (SSSR count). The molecule has 1 saturated carbocycles. The SMILES string of the molecule is O=C(COc1ccc(S(=O)(=O)N2CCCCC2)cc1Cl)NC1CCCCCC1. The second kappa shape index (κ2) is 9.94. The molecule has 0 radical (unpaired) electrons. The van der Waals surface area contributed by atoms with E-state index in [1.807, 2.05) is 0 Å². The minimum atomic E-state index is -3.54. The van der Waals surface area contributed by atoms with Crippen molar-refractivity contribution < 1.29 is 17.9 Å². The Morgan fingerprint density at radius 3 is 2.36 bits per heavy atom. The number of carbonyl (C=O) groups excluding carboxylic acids is 1. The summed E-state index contributed by atoms with van der Waals surface area (Å²) in [6.45, 7) is 0.952. The average Bonchev–Trinajstić information content (AvgIpc) is 2.96. The Bertz CT molecular complexity index is 770. The number of ether oxygens (including phenoxy) is 1. The molecule has 1 aliphatic heterocycles. The van der Waals surface area contributed by atoms with Crippen LogP contribution < -0.4 is 10.1 Å². The molecule has 0 atom stereocenters. The third-order valence-electron chi connectivity index (χ3n) is 5.44. The van der Waals surface area contributed by atoms with Crippen LogP contribution in [0.4, 0.5) is 0 Å². The zero-order valence-corrected chi connectivity index (χ0v) is 17.7. The predicted molar refractivity (Wildman–Crippen MR) is 109 cm³/mol. The Balaban J connectivity index is 1.57. The number of piperidine rings is 1. The first-order valence-corrected chi connectivity index (χ1v) is 12.0. The zero-order chi connectivity index (χ0) is 20.0. The van der Waals surface area contributed by atoms with Crippen molar-refractivity contribution in [3.05, 3.63) is 23.2 Å². The number of nitrogens with one attached hydrogen (secondary N) is 1. The Morgan fingerprint density at radius 2 is 1.71 bits per heavy atom. The van der Waals surface area contributed by atoms with Crippen molar-refractivity contribution in [2.24, 2.45) is 0 Å². The summed E-state index contributed by atoms with van der Waals surface area (Å²) in [4.78, 5) is 12.3. The number of carbonyl (C=O) groups is 1. The normalized spacial score (nSPS) is 19.8. The quantitative estimate of drug-likeness (QED) is 0.700. The van der Waals surface area contributed by atoms with Crippen LogP contribution in [0.15, 0.2) is 23.1 Å². The van der Waals surface area contributed by atoms with Crippen molar-refractivity contribution in [3.8, 4) is 5.75 Å². The van der Waals surface area contributed by atoms with Crippen LogP contribution in [-0.4, -0.2) is 44.4 Å². The number of sulfonamides is 1. The van der Waals surface area contributed by atoms with E-state index in [4.69, 9.17) is 16.3 Å². The van der Waals surface area contributed by atoms with E-state index in [1.165, 1.54) is 35.3 Å². The van der Waals surface area contributed by atoms with Gasteiger partial charge < -0.3 is 10.1 Å². The fraction of sp³-hybridized carbons (Fsp3) is 0.650. The van der Waals surface area contributed by atoms with Gasteiger partial charge in [-0.05, 0) is 43.9 Å². The van der Waals surface area contributed by atoms with Crippen LogP contribution in [0.1, 0.15) is 57.8 Å². The van der Waals surface area contributed by atoms with Gasteiger partial charge in [0.05, 0.1) is 9.92 Å². The van der Waals surface area contributed by atoms with Crippen LogP contribution in [0.2, 0.25) is 5.02 Å². The lowest BCUT2D eigenvalue weighted by Crippen LogP contribution is -2.37. The molecule has 1 amide bonds. The molecule has 8 heteroatoms. The second-order valence-corrected chi connectivity index (χ2v) is 9.95. The topological polar surface area (TPSA) is 75.7 Å². The number of halogens is 1. The van der Waals surface area contributed by atoms with Crippen molar-refractivity contribution in [1.29, 1.82) is 0 Å². The number of rotatable bonds is 6. The number of hydrogen-bond donors (Lipinski definition) is 1. The highest BCUT2D eigenvalue weighted by Gasteiger charge is 2.26. The molecule has 156 valence electrons. The maximum atomic E-state index is 12.7. The van der Waals surface area contributed by atoms with E-state index < -0.39 is 10.0 Å². The first-order valence-electron chi connectivity index (χ1n) is 10.2. The van der Waals surface area contributed by atoms with Gasteiger partial charge in [-0.25, -0.2) is 8.42 Å². The standard InChI is InChI=1S/C20H29ClN2O4S/c21-18-14-17(28(25,26)23-12-6-3-7-13-23)10-11-19(18)27-15-20(24)22-16-8-4-1-2-5-9-16/h10-11,14,16H,1-9,12-13,15H2,(H,22,24). The molecule has 2 fully saturated rings. The summed E-state index contributed by atoms with van der Waals surface area (Å²) in [5, 5.41) is 3.21. The molecule has 0 spiro atoms. The molecule has 0 bridgehead atoms. The molecule has 1 N–H and O–H groups in total. The first-order chi connectivity index (χ1) is 13.5. The molecule has 28 heavy (non-hydrogen) atoms. The highest BCUT2D eigenvalue weighted by atomic mass is 35.5. The predicted octanol–water partition coefficient (Wildman–Crippen LogP) is 3.73. The van der Waals surface area contributed by atoms with Crippen LogP contribution in [0, 0.1) is 0 Å². The third-order valence-corrected chi connectivity index (χ3v) is 7.63. The molecule has 1 aromatic carbocycles. The average molecular weight is 429 g/mol. The van der Waals surface area contributed by atoms with Crippen molar-refractivity contribution >= 4 is 27.5 Å². The van der Waals surface area contributed by atoms with Gasteiger partial charge in [-0.1, -0.05) is 43.7 Å². The van der Waals surface area contributed by atoms with E-state index in [2.05, 4.69) is 5.32 Å². The van der Waals surface area contributed by atoms with Crippen LogP contribution >= 0.6 is 11.6 Å². The second-order valence-electron chi connectivity index (χ2n) is 7.60. The Hall–Kier alpha value is -1.31. The molecule has 0 aromatic heterocycles. The number of benzene rings is 1. The van der Waals surface area contributed by atoms with Gasteiger partial charge in [-0.3, -0.25) is 4.79 Å². The smallest absolute Gasteiger partial charge is 0.258 e. The lowest BCUT2D eigenvalue weighted by atomic mass is 10.1. The third kappa shape index (κ3) is 5.61. The lowest BCUT2D eigenvalue weighted by Gasteiger charge is -2.26. The number of amides is 1. The maximum absolute atomic E-state index is 12.7. The van der Waals surface area contributed by atoms with Crippen molar-refractivity contribution in [3.63, 3.8) is 0 Å². The van der Waals surface area contributed by atoms with Crippen LogP contribution in [0.3, 0.4) is 0 Å². The van der Waals surface area contributed by atoms with Gasteiger partial charge >= 0.3 is 0 Å². The van der Waals surface area contributed by atoms with Gasteiger partial charge in [0.1, 0.15) is 5.75 Å². The molecule has 0 unspecified atom stereocenters. The van der Waals surface area contributed by atoms with Gasteiger partial charge in [-0.2, -0.15) is 4.31 Å². The van der Waals surface area contributed by atoms with Crippen LogP contribution in [0.25, 0.3) is 0 Å². The Morgan fingerprint density at radius 1 is 1.07 bits per heavy atom. The number of hydrogen-bond acceptors (Lipinski definition) is 4.